The monoisotopic (exact) mass is 311 g/mol. The van der Waals surface area contributed by atoms with Crippen molar-refractivity contribution in [2.75, 3.05) is 13.6 Å². The van der Waals surface area contributed by atoms with E-state index < -0.39 is 10.0 Å². The van der Waals surface area contributed by atoms with Crippen LogP contribution in [0.5, 0.6) is 0 Å². The van der Waals surface area contributed by atoms with E-state index in [0.717, 1.165) is 12.8 Å². The van der Waals surface area contributed by atoms with Gasteiger partial charge < -0.3 is 4.42 Å². The molecule has 1 N–H and O–H groups in total. The Hall–Kier alpha value is -1.93. The average Bonchev–Trinajstić information content (AvgIpc) is 2.96. The molecule has 0 fully saturated rings. The lowest BCUT2D eigenvalue weighted by atomic mass is 10.3. The topological polar surface area (TPSA) is 96.3 Å². The van der Waals surface area contributed by atoms with Crippen molar-refractivity contribution in [2.45, 2.75) is 24.9 Å². The van der Waals surface area contributed by atoms with Crippen LogP contribution >= 0.6 is 0 Å². The Balaban J connectivity index is 2.26. The molecule has 0 aromatic carbocycles. The lowest BCUT2D eigenvalue weighted by molar-refractivity contribution is 0.410. The first-order valence-electron chi connectivity index (χ1n) is 6.57. The van der Waals surface area contributed by atoms with Gasteiger partial charge in [0.05, 0.1) is 0 Å². The van der Waals surface area contributed by atoms with E-state index in [2.05, 4.69) is 10.2 Å². The highest BCUT2D eigenvalue weighted by atomic mass is 32.2. The van der Waals surface area contributed by atoms with E-state index in [1.165, 1.54) is 35.6 Å². The molecule has 0 amide bonds. The molecule has 0 aliphatic rings. The van der Waals surface area contributed by atoms with Crippen molar-refractivity contribution in [3.63, 3.8) is 0 Å². The van der Waals surface area contributed by atoms with Gasteiger partial charge in [0.1, 0.15) is 5.69 Å². The minimum atomic E-state index is -3.64. The molecule has 21 heavy (non-hydrogen) atoms. The highest BCUT2D eigenvalue weighted by Gasteiger charge is 2.24. The van der Waals surface area contributed by atoms with Crippen LogP contribution in [-0.4, -0.2) is 36.5 Å². The van der Waals surface area contributed by atoms with Crippen molar-refractivity contribution in [1.82, 2.24) is 14.5 Å². The largest absolute Gasteiger partial charge is 0.442 e. The van der Waals surface area contributed by atoms with Gasteiger partial charge in [0.25, 0.3) is 15.6 Å². The van der Waals surface area contributed by atoms with Crippen molar-refractivity contribution in [2.24, 2.45) is 0 Å². The number of nitrogens with zero attached hydrogens (tertiary/aromatic N) is 2. The summed E-state index contributed by atoms with van der Waals surface area (Å²) in [4.78, 5) is 11.0. The van der Waals surface area contributed by atoms with Gasteiger partial charge in [0.2, 0.25) is 5.09 Å². The highest BCUT2D eigenvalue weighted by molar-refractivity contribution is 7.89. The Bertz CT molecular complexity index is 743. The minimum Gasteiger partial charge on any atom is -0.442 e. The first-order valence-corrected chi connectivity index (χ1v) is 8.01. The van der Waals surface area contributed by atoms with Crippen molar-refractivity contribution in [3.05, 3.63) is 34.6 Å². The van der Waals surface area contributed by atoms with Gasteiger partial charge >= 0.3 is 0 Å². The number of nitrogens with one attached hydrogen (secondary N) is 1. The number of furan rings is 1. The summed E-state index contributed by atoms with van der Waals surface area (Å²) in [5.74, 6) is 0.286. The molecule has 0 saturated heterocycles. The van der Waals surface area contributed by atoms with Crippen molar-refractivity contribution >= 4 is 10.0 Å². The maximum absolute atomic E-state index is 12.3. The maximum Gasteiger partial charge on any atom is 0.276 e. The van der Waals surface area contributed by atoms with Crippen LogP contribution in [0.1, 0.15) is 19.8 Å². The molecule has 2 aromatic rings. The number of hydrogen-bond acceptors (Lipinski definition) is 5. The molecule has 0 aliphatic carbocycles. The summed E-state index contributed by atoms with van der Waals surface area (Å²) < 4.78 is 31.2. The van der Waals surface area contributed by atoms with Gasteiger partial charge in [-0.1, -0.05) is 13.3 Å². The fourth-order valence-electron chi connectivity index (χ4n) is 1.73. The van der Waals surface area contributed by atoms with E-state index in [-0.39, 0.29) is 16.4 Å². The number of hydrogen-bond donors (Lipinski definition) is 1. The van der Waals surface area contributed by atoms with Gasteiger partial charge in [0, 0.05) is 19.7 Å². The van der Waals surface area contributed by atoms with E-state index in [0.29, 0.717) is 12.2 Å². The third-order valence-electron chi connectivity index (χ3n) is 3.00. The van der Waals surface area contributed by atoms with E-state index in [1.54, 1.807) is 0 Å². The smallest absolute Gasteiger partial charge is 0.276 e. The predicted molar refractivity (Wildman–Crippen MR) is 77.3 cm³/mol. The Labute approximate surface area is 122 Å². The van der Waals surface area contributed by atoms with Gasteiger partial charge in [-0.15, -0.1) is 0 Å². The molecule has 0 saturated carbocycles. The van der Waals surface area contributed by atoms with Crippen LogP contribution in [0, 0.1) is 0 Å². The predicted octanol–water partition coefficient (Wildman–Crippen LogP) is 1.45. The summed E-state index contributed by atoms with van der Waals surface area (Å²) in [6.45, 7) is 2.43. The Morgan fingerprint density at radius 2 is 2.05 bits per heavy atom. The number of aromatic nitrogens is 2. The van der Waals surface area contributed by atoms with E-state index in [4.69, 9.17) is 4.42 Å². The Morgan fingerprint density at radius 3 is 2.67 bits per heavy atom. The first-order chi connectivity index (χ1) is 9.95. The van der Waals surface area contributed by atoms with Gasteiger partial charge in [-0.2, -0.15) is 9.40 Å². The van der Waals surface area contributed by atoms with Crippen LogP contribution < -0.4 is 5.56 Å². The Morgan fingerprint density at radius 1 is 1.29 bits per heavy atom. The van der Waals surface area contributed by atoms with E-state index >= 15 is 0 Å². The van der Waals surface area contributed by atoms with Crippen LogP contribution in [0.2, 0.25) is 0 Å². The minimum absolute atomic E-state index is 0.135. The normalized spacial score (nSPS) is 12.0. The number of unbranched alkanes of at least 4 members (excludes halogenated alkanes) is 1. The molecule has 0 bridgehead atoms. The standard InChI is InChI=1S/C13H17N3O4S/c1-3-4-9-16(2)21(18,19)13-8-6-11(20-13)10-5-7-12(17)15-14-10/h5-8H,3-4,9H2,1-2H3,(H,15,17). The quantitative estimate of drug-likeness (QED) is 0.871. The number of sulfonamides is 1. The molecule has 2 heterocycles. The van der Waals surface area contributed by atoms with Gasteiger partial charge in [-0.05, 0) is 24.6 Å². The summed E-state index contributed by atoms with van der Waals surface area (Å²) in [6.07, 6.45) is 1.69. The van der Waals surface area contributed by atoms with E-state index in [9.17, 15) is 13.2 Å². The van der Waals surface area contributed by atoms with E-state index in [1.807, 2.05) is 6.92 Å². The number of rotatable bonds is 6. The van der Waals surface area contributed by atoms with Crippen molar-refractivity contribution in [1.29, 1.82) is 0 Å². The first kappa shape index (κ1) is 15.5. The van der Waals surface area contributed by atoms with Crippen molar-refractivity contribution in [3.8, 4) is 11.5 Å². The second kappa shape index (κ2) is 6.23. The fourth-order valence-corrected chi connectivity index (χ4v) is 2.84. The third-order valence-corrected chi connectivity index (χ3v) is 4.74. The van der Waals surface area contributed by atoms with Gasteiger partial charge in [-0.25, -0.2) is 13.5 Å². The molecular weight excluding hydrogens is 294 g/mol. The van der Waals surface area contributed by atoms with Crippen LogP contribution in [0.25, 0.3) is 11.5 Å². The molecular formula is C13H17N3O4S. The molecule has 0 atom stereocenters. The number of aromatic amines is 1. The fraction of sp³-hybridized carbons (Fsp3) is 0.385. The van der Waals surface area contributed by atoms with Crippen LogP contribution in [-0.2, 0) is 10.0 Å². The van der Waals surface area contributed by atoms with Crippen LogP contribution in [0.3, 0.4) is 0 Å². The molecule has 0 radical (unpaired) electrons. The van der Waals surface area contributed by atoms with Crippen molar-refractivity contribution < 1.29 is 12.8 Å². The van der Waals surface area contributed by atoms with Gasteiger partial charge in [0.15, 0.2) is 5.76 Å². The summed E-state index contributed by atoms with van der Waals surface area (Å²) in [5, 5.41) is 5.94. The molecule has 0 aliphatic heterocycles. The second-order valence-corrected chi connectivity index (χ2v) is 6.58. The average molecular weight is 311 g/mol. The maximum atomic E-state index is 12.3. The third kappa shape index (κ3) is 3.40. The molecule has 8 heteroatoms. The Kier molecular flexibility index (Phi) is 4.59. The zero-order chi connectivity index (χ0) is 15.5. The summed E-state index contributed by atoms with van der Waals surface area (Å²) in [6, 6.07) is 5.67. The second-order valence-electron chi connectivity index (χ2n) is 4.61. The summed E-state index contributed by atoms with van der Waals surface area (Å²) in [7, 11) is -2.12. The van der Waals surface area contributed by atoms with Crippen LogP contribution in [0.15, 0.2) is 38.6 Å². The lowest BCUT2D eigenvalue weighted by Crippen LogP contribution is -2.27. The molecule has 0 unspecified atom stereocenters. The van der Waals surface area contributed by atoms with Gasteiger partial charge in [-0.3, -0.25) is 4.79 Å². The molecule has 2 aromatic heterocycles. The zero-order valence-electron chi connectivity index (χ0n) is 11.9. The molecule has 0 spiro atoms. The molecule has 114 valence electrons. The number of H-pyrrole nitrogens is 1. The summed E-state index contributed by atoms with van der Waals surface area (Å²) >= 11 is 0. The van der Waals surface area contributed by atoms with Crippen LogP contribution in [0.4, 0.5) is 0 Å². The summed E-state index contributed by atoms with van der Waals surface area (Å²) in [5.41, 5.74) is 0.0321. The lowest BCUT2D eigenvalue weighted by Gasteiger charge is -2.14. The zero-order valence-corrected chi connectivity index (χ0v) is 12.7. The highest BCUT2D eigenvalue weighted by Crippen LogP contribution is 2.24. The SMILES string of the molecule is CCCCN(C)S(=O)(=O)c1ccc(-c2ccc(=O)[nH]n2)o1. The molecule has 7 nitrogen and oxygen atoms in total. The molecule has 2 rings (SSSR count).